The Kier molecular flexibility index (Phi) is 5.55. The molecule has 140 valence electrons. The van der Waals surface area contributed by atoms with Crippen LogP contribution in [0.2, 0.25) is 5.02 Å². The summed E-state index contributed by atoms with van der Waals surface area (Å²) in [4.78, 5) is 20.0. The normalized spacial score (nSPS) is 17.8. The number of nitrogens with one attached hydrogen (secondary N) is 1. The molecule has 0 bridgehead atoms. The van der Waals surface area contributed by atoms with Crippen LogP contribution in [0.1, 0.15) is 43.3 Å². The summed E-state index contributed by atoms with van der Waals surface area (Å²) in [6, 6.07) is 7.39. The van der Waals surface area contributed by atoms with Gasteiger partial charge in [0.15, 0.2) is 0 Å². The smallest absolute Gasteiger partial charge is 0.317 e. The van der Waals surface area contributed by atoms with Gasteiger partial charge in [0.25, 0.3) is 0 Å². The number of benzene rings is 1. The third-order valence-corrected chi connectivity index (χ3v) is 6.43. The molecule has 0 radical (unpaired) electrons. The fourth-order valence-electron chi connectivity index (χ4n) is 3.06. The van der Waals surface area contributed by atoms with E-state index >= 15 is 0 Å². The molecule has 2 heterocycles. The van der Waals surface area contributed by atoms with E-state index in [1.165, 1.54) is 0 Å². The van der Waals surface area contributed by atoms with Gasteiger partial charge in [-0.3, -0.25) is 0 Å². The fraction of sp³-hybridized carbons (Fsp3) is 0.474. The van der Waals surface area contributed by atoms with Gasteiger partial charge in [0.1, 0.15) is 5.01 Å². The van der Waals surface area contributed by atoms with E-state index in [4.69, 9.17) is 11.6 Å². The van der Waals surface area contributed by atoms with E-state index in [0.29, 0.717) is 31.0 Å². The molecule has 1 saturated heterocycles. The summed E-state index contributed by atoms with van der Waals surface area (Å²) in [7, 11) is 0. The molecule has 0 spiro atoms. The molecule has 1 aliphatic heterocycles. The Bertz CT molecular complexity index is 779. The third-order valence-electron chi connectivity index (χ3n) is 4.78. The van der Waals surface area contributed by atoms with Crippen molar-refractivity contribution in [3.8, 4) is 10.6 Å². The molecule has 1 fully saturated rings. The molecule has 1 aromatic carbocycles. The van der Waals surface area contributed by atoms with Crippen molar-refractivity contribution in [1.29, 1.82) is 0 Å². The van der Waals surface area contributed by atoms with Gasteiger partial charge in [-0.25, -0.2) is 9.78 Å². The van der Waals surface area contributed by atoms with Gasteiger partial charge in [0.2, 0.25) is 0 Å². The summed E-state index contributed by atoms with van der Waals surface area (Å²) in [5, 5.41) is 14.7. The van der Waals surface area contributed by atoms with E-state index in [1.54, 1.807) is 16.2 Å². The highest BCUT2D eigenvalue weighted by Gasteiger charge is 2.30. The van der Waals surface area contributed by atoms with Crippen molar-refractivity contribution >= 4 is 29.0 Å². The van der Waals surface area contributed by atoms with Gasteiger partial charge < -0.3 is 15.3 Å². The molecule has 2 aromatic rings. The van der Waals surface area contributed by atoms with Crippen molar-refractivity contribution < 1.29 is 9.90 Å². The van der Waals surface area contributed by atoms with Crippen LogP contribution in [-0.4, -0.2) is 39.7 Å². The monoisotopic (exact) mass is 393 g/mol. The Balaban J connectivity index is 1.67. The van der Waals surface area contributed by atoms with Gasteiger partial charge >= 0.3 is 6.03 Å². The van der Waals surface area contributed by atoms with Crippen LogP contribution >= 0.6 is 22.9 Å². The van der Waals surface area contributed by atoms with Crippen molar-refractivity contribution in [2.75, 3.05) is 13.1 Å². The lowest BCUT2D eigenvalue weighted by Gasteiger charge is -2.36. The first kappa shape index (κ1) is 19.1. The average Bonchev–Trinajstić information content (AvgIpc) is 2.97. The lowest BCUT2D eigenvalue weighted by atomic mass is 9.94. The Hall–Kier alpha value is -1.63. The largest absolute Gasteiger partial charge is 0.390 e. The van der Waals surface area contributed by atoms with Gasteiger partial charge in [-0.2, -0.15) is 0 Å². The highest BCUT2D eigenvalue weighted by molar-refractivity contribution is 7.15. The van der Waals surface area contributed by atoms with E-state index in [9.17, 15) is 9.90 Å². The molecule has 2 amide bonds. The molecule has 3 rings (SSSR count). The van der Waals surface area contributed by atoms with Crippen LogP contribution in [0.5, 0.6) is 0 Å². The fourth-order valence-corrected chi connectivity index (χ4v) is 4.26. The van der Waals surface area contributed by atoms with Crippen LogP contribution in [0.4, 0.5) is 4.79 Å². The zero-order valence-corrected chi connectivity index (χ0v) is 16.8. The number of halogens is 1. The lowest BCUT2D eigenvalue weighted by molar-refractivity contribution is 0.00420. The molecule has 1 aromatic heterocycles. The SMILES string of the molecule is Cc1nc(-c2ccc(Cl)cc2)sc1C(C)NC(=O)N1CCC(C)(O)CC1. The average molecular weight is 394 g/mol. The number of hydrogen-bond acceptors (Lipinski definition) is 4. The number of rotatable bonds is 3. The van der Waals surface area contributed by atoms with Crippen LogP contribution in [-0.2, 0) is 0 Å². The van der Waals surface area contributed by atoms with Crippen LogP contribution in [0.25, 0.3) is 10.6 Å². The molecule has 26 heavy (non-hydrogen) atoms. The third kappa shape index (κ3) is 4.37. The van der Waals surface area contributed by atoms with Gasteiger partial charge in [-0.15, -0.1) is 11.3 Å². The summed E-state index contributed by atoms with van der Waals surface area (Å²) in [5.74, 6) is 0. The second kappa shape index (κ2) is 7.55. The molecule has 0 aliphatic carbocycles. The second-order valence-corrected chi connectivity index (χ2v) is 8.60. The first-order valence-electron chi connectivity index (χ1n) is 8.76. The summed E-state index contributed by atoms with van der Waals surface area (Å²) in [6.45, 7) is 6.91. The first-order chi connectivity index (χ1) is 12.2. The molecular formula is C19H24ClN3O2S. The van der Waals surface area contributed by atoms with Crippen molar-refractivity contribution in [3.05, 3.63) is 39.9 Å². The Morgan fingerprint density at radius 2 is 1.96 bits per heavy atom. The summed E-state index contributed by atoms with van der Waals surface area (Å²) in [6.07, 6.45) is 1.21. The number of urea groups is 1. The number of aromatic nitrogens is 1. The number of aliphatic hydroxyl groups is 1. The zero-order valence-electron chi connectivity index (χ0n) is 15.3. The molecular weight excluding hydrogens is 370 g/mol. The maximum atomic E-state index is 12.5. The highest BCUT2D eigenvalue weighted by Crippen LogP contribution is 2.32. The van der Waals surface area contributed by atoms with Crippen molar-refractivity contribution in [1.82, 2.24) is 15.2 Å². The van der Waals surface area contributed by atoms with Crippen LogP contribution in [0.3, 0.4) is 0 Å². The standard InChI is InChI=1S/C19H24ClN3O2S/c1-12-16(26-17(21-12)14-4-6-15(20)7-5-14)13(2)22-18(24)23-10-8-19(3,25)9-11-23/h4-7,13,25H,8-11H2,1-3H3,(H,22,24). The first-order valence-corrected chi connectivity index (χ1v) is 9.96. The number of amides is 2. The Morgan fingerprint density at radius 1 is 1.35 bits per heavy atom. The quantitative estimate of drug-likeness (QED) is 0.812. The Morgan fingerprint density at radius 3 is 2.58 bits per heavy atom. The van der Waals surface area contributed by atoms with Gasteiger partial charge in [-0.1, -0.05) is 23.7 Å². The molecule has 5 nitrogen and oxygen atoms in total. The van der Waals surface area contributed by atoms with E-state index in [-0.39, 0.29) is 12.1 Å². The lowest BCUT2D eigenvalue weighted by Crippen LogP contribution is -2.49. The maximum absolute atomic E-state index is 12.5. The van der Waals surface area contributed by atoms with E-state index in [1.807, 2.05) is 45.0 Å². The Labute approximate surface area is 163 Å². The number of carbonyl (C=O) groups excluding carboxylic acids is 1. The number of carbonyl (C=O) groups is 1. The summed E-state index contributed by atoms with van der Waals surface area (Å²) < 4.78 is 0. The number of piperidine rings is 1. The number of aryl methyl sites for hydroxylation is 1. The predicted molar refractivity (Wildman–Crippen MR) is 106 cm³/mol. The second-order valence-electron chi connectivity index (χ2n) is 7.13. The van der Waals surface area contributed by atoms with Crippen molar-refractivity contribution in [2.24, 2.45) is 0 Å². The van der Waals surface area contributed by atoms with Crippen LogP contribution in [0.15, 0.2) is 24.3 Å². The van der Waals surface area contributed by atoms with E-state index in [2.05, 4.69) is 10.3 Å². The van der Waals surface area contributed by atoms with Crippen molar-refractivity contribution in [2.45, 2.75) is 45.3 Å². The highest BCUT2D eigenvalue weighted by atomic mass is 35.5. The molecule has 1 aliphatic rings. The van der Waals surface area contributed by atoms with Gasteiger partial charge in [0, 0.05) is 23.7 Å². The molecule has 1 atom stereocenters. The van der Waals surface area contributed by atoms with Crippen molar-refractivity contribution in [3.63, 3.8) is 0 Å². The minimum atomic E-state index is -0.663. The van der Waals surface area contributed by atoms with Gasteiger partial charge in [-0.05, 0) is 45.7 Å². The number of thiazole rings is 1. The molecule has 2 N–H and O–H groups in total. The topological polar surface area (TPSA) is 65.5 Å². The van der Waals surface area contributed by atoms with Crippen LogP contribution in [0, 0.1) is 6.92 Å². The van der Waals surface area contributed by atoms with Gasteiger partial charge in [0.05, 0.1) is 22.2 Å². The predicted octanol–water partition coefficient (Wildman–Crippen LogP) is 4.39. The molecule has 7 heteroatoms. The summed E-state index contributed by atoms with van der Waals surface area (Å²) >= 11 is 7.54. The summed E-state index contributed by atoms with van der Waals surface area (Å²) in [5.41, 5.74) is 1.28. The van der Waals surface area contributed by atoms with Crippen LogP contribution < -0.4 is 5.32 Å². The number of likely N-dealkylation sites (tertiary alicyclic amines) is 1. The van der Waals surface area contributed by atoms with E-state index in [0.717, 1.165) is 21.1 Å². The minimum absolute atomic E-state index is 0.0890. The number of hydrogen-bond donors (Lipinski definition) is 2. The molecule has 0 saturated carbocycles. The molecule has 1 unspecified atom stereocenters. The maximum Gasteiger partial charge on any atom is 0.317 e. The van der Waals surface area contributed by atoms with E-state index < -0.39 is 5.60 Å². The minimum Gasteiger partial charge on any atom is -0.390 e. The number of nitrogens with zero attached hydrogens (tertiary/aromatic N) is 2. The zero-order chi connectivity index (χ0) is 18.9.